The van der Waals surface area contributed by atoms with Crippen LogP contribution in [0.4, 0.5) is 4.79 Å². The molecule has 2 saturated heterocycles. The van der Waals surface area contributed by atoms with E-state index in [0.29, 0.717) is 13.1 Å². The van der Waals surface area contributed by atoms with E-state index in [4.69, 9.17) is 0 Å². The summed E-state index contributed by atoms with van der Waals surface area (Å²) in [7, 11) is 1.86. The summed E-state index contributed by atoms with van der Waals surface area (Å²) in [6, 6.07) is -0.352. The van der Waals surface area contributed by atoms with Gasteiger partial charge in [-0.15, -0.1) is 0 Å². The summed E-state index contributed by atoms with van der Waals surface area (Å²) in [5.41, 5.74) is 0. The normalized spacial score (nSPS) is 34.6. The first-order valence-corrected chi connectivity index (χ1v) is 5.43. The third-order valence-electron chi connectivity index (χ3n) is 2.56. The molecule has 14 heavy (non-hydrogen) atoms. The average molecular weight is 216 g/mol. The Hall–Kier alpha value is -0.590. The standard InChI is InChI=1S/C8H12N2O3S/c1-9-2-5(6(11)3-9)10-7(12)4-14-8(10)13/h5-6,11H,2-4H2,1H3/t5-,6-/m1/s1. The maximum atomic E-state index is 11.4. The number of amides is 2. The molecular weight excluding hydrogens is 204 g/mol. The highest BCUT2D eigenvalue weighted by molar-refractivity contribution is 8.14. The van der Waals surface area contributed by atoms with Gasteiger partial charge < -0.3 is 10.0 Å². The molecule has 6 heteroatoms. The number of likely N-dealkylation sites (N-methyl/N-ethyl adjacent to an activating group) is 1. The molecule has 0 radical (unpaired) electrons. The van der Waals surface area contributed by atoms with Crippen molar-refractivity contribution in [3.63, 3.8) is 0 Å². The van der Waals surface area contributed by atoms with Crippen LogP contribution in [-0.2, 0) is 4.79 Å². The van der Waals surface area contributed by atoms with Crippen LogP contribution in [0, 0.1) is 0 Å². The number of carbonyl (C=O) groups is 2. The molecule has 2 aliphatic heterocycles. The van der Waals surface area contributed by atoms with Crippen LogP contribution in [0.3, 0.4) is 0 Å². The zero-order valence-corrected chi connectivity index (χ0v) is 8.66. The maximum Gasteiger partial charge on any atom is 0.289 e. The third kappa shape index (κ3) is 1.53. The topological polar surface area (TPSA) is 60.9 Å². The molecule has 1 N–H and O–H groups in total. The van der Waals surface area contributed by atoms with Crippen LogP contribution in [0.15, 0.2) is 0 Å². The Balaban J connectivity index is 2.14. The molecule has 0 unspecified atom stereocenters. The van der Waals surface area contributed by atoms with Crippen LogP contribution in [0.5, 0.6) is 0 Å². The average Bonchev–Trinajstić information content (AvgIpc) is 2.57. The van der Waals surface area contributed by atoms with Gasteiger partial charge in [-0.05, 0) is 7.05 Å². The number of hydrogen-bond acceptors (Lipinski definition) is 5. The Morgan fingerprint density at radius 3 is 2.57 bits per heavy atom. The molecule has 2 atom stereocenters. The summed E-state index contributed by atoms with van der Waals surface area (Å²) in [6.45, 7) is 1.09. The van der Waals surface area contributed by atoms with Crippen LogP contribution >= 0.6 is 11.8 Å². The molecule has 78 valence electrons. The van der Waals surface area contributed by atoms with Crippen LogP contribution in [0.1, 0.15) is 0 Å². The van der Waals surface area contributed by atoms with Crippen molar-refractivity contribution in [3.8, 4) is 0 Å². The summed E-state index contributed by atoms with van der Waals surface area (Å²) in [5, 5.41) is 9.43. The van der Waals surface area contributed by atoms with Gasteiger partial charge in [-0.3, -0.25) is 14.5 Å². The van der Waals surface area contributed by atoms with Crippen molar-refractivity contribution in [2.45, 2.75) is 12.1 Å². The van der Waals surface area contributed by atoms with Gasteiger partial charge in [-0.25, -0.2) is 0 Å². The fraction of sp³-hybridized carbons (Fsp3) is 0.750. The molecule has 2 amide bonds. The highest BCUT2D eigenvalue weighted by Crippen LogP contribution is 2.25. The zero-order valence-electron chi connectivity index (χ0n) is 7.84. The highest BCUT2D eigenvalue weighted by Gasteiger charge is 2.42. The van der Waals surface area contributed by atoms with Crippen molar-refractivity contribution in [3.05, 3.63) is 0 Å². The number of hydrogen-bond donors (Lipinski definition) is 1. The molecule has 0 saturated carbocycles. The Bertz CT molecular complexity index is 268. The molecule has 0 aliphatic carbocycles. The Labute approximate surface area is 86.0 Å². The molecule has 0 aromatic carbocycles. The minimum atomic E-state index is -0.605. The maximum absolute atomic E-state index is 11.4. The first-order valence-electron chi connectivity index (χ1n) is 4.45. The van der Waals surface area contributed by atoms with Crippen LogP contribution in [-0.4, -0.2) is 64.1 Å². The zero-order chi connectivity index (χ0) is 10.3. The van der Waals surface area contributed by atoms with Crippen molar-refractivity contribution in [1.82, 2.24) is 9.80 Å². The second kappa shape index (κ2) is 3.52. The monoisotopic (exact) mass is 216 g/mol. The number of likely N-dealkylation sites (tertiary alicyclic amines) is 1. The number of carbonyl (C=O) groups excluding carboxylic acids is 2. The van der Waals surface area contributed by atoms with Gasteiger partial charge in [-0.2, -0.15) is 0 Å². The first-order chi connectivity index (χ1) is 6.59. The van der Waals surface area contributed by atoms with Crippen LogP contribution in [0.25, 0.3) is 0 Å². The highest BCUT2D eigenvalue weighted by atomic mass is 32.2. The summed E-state index contributed by atoms with van der Waals surface area (Å²) >= 11 is 1.01. The van der Waals surface area contributed by atoms with Gasteiger partial charge >= 0.3 is 0 Å². The van der Waals surface area contributed by atoms with Gasteiger partial charge in [0.1, 0.15) is 0 Å². The fourth-order valence-corrected chi connectivity index (χ4v) is 2.66. The van der Waals surface area contributed by atoms with E-state index in [1.54, 1.807) is 0 Å². The molecule has 2 rings (SSSR count). The van der Waals surface area contributed by atoms with E-state index in [1.807, 2.05) is 11.9 Å². The van der Waals surface area contributed by atoms with E-state index in [2.05, 4.69) is 0 Å². The molecule has 2 heterocycles. The lowest BCUT2D eigenvalue weighted by Crippen LogP contribution is -2.45. The largest absolute Gasteiger partial charge is 0.390 e. The molecule has 0 aromatic rings. The number of aliphatic hydroxyl groups is 1. The number of nitrogens with zero attached hydrogens (tertiary/aromatic N) is 2. The van der Waals surface area contributed by atoms with Crippen molar-refractivity contribution in [1.29, 1.82) is 0 Å². The van der Waals surface area contributed by atoms with E-state index in [9.17, 15) is 14.7 Å². The smallest absolute Gasteiger partial charge is 0.289 e. The molecule has 5 nitrogen and oxygen atoms in total. The van der Waals surface area contributed by atoms with Crippen molar-refractivity contribution in [2.24, 2.45) is 0 Å². The Kier molecular flexibility index (Phi) is 2.50. The minimum Gasteiger partial charge on any atom is -0.390 e. The Morgan fingerprint density at radius 1 is 1.43 bits per heavy atom. The molecule has 0 spiro atoms. The van der Waals surface area contributed by atoms with Crippen molar-refractivity contribution >= 4 is 22.9 Å². The SMILES string of the molecule is CN1C[C@@H](O)[C@H](N2C(=O)CSC2=O)C1. The molecule has 0 aromatic heterocycles. The number of aliphatic hydroxyl groups excluding tert-OH is 1. The molecule has 2 fully saturated rings. The van der Waals surface area contributed by atoms with E-state index >= 15 is 0 Å². The summed E-state index contributed by atoms with van der Waals surface area (Å²) < 4.78 is 0. The third-order valence-corrected chi connectivity index (χ3v) is 3.39. The summed E-state index contributed by atoms with van der Waals surface area (Å²) in [4.78, 5) is 25.9. The van der Waals surface area contributed by atoms with Crippen LogP contribution < -0.4 is 0 Å². The number of imide groups is 1. The van der Waals surface area contributed by atoms with Gasteiger partial charge in [0, 0.05) is 13.1 Å². The number of rotatable bonds is 1. The van der Waals surface area contributed by atoms with Gasteiger partial charge in [0.2, 0.25) is 5.91 Å². The first kappa shape index (κ1) is 9.95. The summed E-state index contributed by atoms with van der Waals surface area (Å²) in [5.74, 6) is 0.0329. The molecular formula is C8H12N2O3S. The quantitative estimate of drug-likeness (QED) is 0.631. The Morgan fingerprint density at radius 2 is 2.14 bits per heavy atom. The van der Waals surface area contributed by atoms with Crippen molar-refractivity contribution < 1.29 is 14.7 Å². The predicted octanol–water partition coefficient (Wildman–Crippen LogP) is -0.643. The molecule has 0 bridgehead atoms. The second-order valence-corrected chi connectivity index (χ2v) is 4.60. The lowest BCUT2D eigenvalue weighted by molar-refractivity contribution is -0.127. The lowest BCUT2D eigenvalue weighted by Gasteiger charge is -2.23. The fourth-order valence-electron chi connectivity index (χ4n) is 1.89. The van der Waals surface area contributed by atoms with Crippen LogP contribution in [0.2, 0.25) is 0 Å². The lowest BCUT2D eigenvalue weighted by atomic mass is 10.2. The van der Waals surface area contributed by atoms with Gasteiger partial charge in [-0.1, -0.05) is 11.8 Å². The number of β-amino-alcohol motifs (C(OH)–C–C–N with tert-alkyl or cyclic N) is 1. The van der Waals surface area contributed by atoms with Gasteiger partial charge in [0.25, 0.3) is 5.24 Å². The summed E-state index contributed by atoms with van der Waals surface area (Å²) in [6.07, 6.45) is -0.605. The molecule has 2 aliphatic rings. The van der Waals surface area contributed by atoms with E-state index in [0.717, 1.165) is 11.8 Å². The minimum absolute atomic E-state index is 0.181. The van der Waals surface area contributed by atoms with E-state index in [1.165, 1.54) is 4.90 Å². The van der Waals surface area contributed by atoms with Crippen molar-refractivity contribution in [2.75, 3.05) is 25.9 Å². The predicted molar refractivity (Wildman–Crippen MR) is 52.0 cm³/mol. The number of thioether (sulfide) groups is 1. The van der Waals surface area contributed by atoms with E-state index in [-0.39, 0.29) is 22.9 Å². The van der Waals surface area contributed by atoms with Gasteiger partial charge in [0.05, 0.1) is 17.9 Å². The second-order valence-electron chi connectivity index (χ2n) is 3.67. The van der Waals surface area contributed by atoms with E-state index < -0.39 is 6.10 Å². The van der Waals surface area contributed by atoms with Gasteiger partial charge in [0.15, 0.2) is 0 Å².